The zero-order valence-electron chi connectivity index (χ0n) is 12.6. The van der Waals surface area contributed by atoms with Crippen LogP contribution in [0.25, 0.3) is 0 Å². The lowest BCUT2D eigenvalue weighted by atomic mass is 10.1. The Labute approximate surface area is 125 Å². The standard InChI is InChI=1S/C17H21N3O/c1-3-15-19-16(18-4-2)11-17(20-15)21-14-9-8-12-6-5-7-13(12)10-14/h8-11H,3-7H2,1-2H3,(H,18,19,20). The number of aryl methyl sites for hydroxylation is 3. The first-order valence-electron chi connectivity index (χ1n) is 7.70. The molecule has 0 saturated carbocycles. The van der Waals surface area contributed by atoms with Crippen LogP contribution >= 0.6 is 0 Å². The number of nitrogens with zero attached hydrogens (tertiary/aromatic N) is 2. The number of ether oxygens (including phenoxy) is 1. The van der Waals surface area contributed by atoms with Crippen LogP contribution in [-0.4, -0.2) is 16.5 Å². The molecule has 110 valence electrons. The van der Waals surface area contributed by atoms with E-state index in [1.165, 1.54) is 24.0 Å². The number of nitrogens with one attached hydrogen (secondary N) is 1. The number of anilines is 1. The smallest absolute Gasteiger partial charge is 0.224 e. The van der Waals surface area contributed by atoms with Gasteiger partial charge in [-0.25, -0.2) is 4.98 Å². The van der Waals surface area contributed by atoms with E-state index in [0.717, 1.165) is 36.8 Å². The summed E-state index contributed by atoms with van der Waals surface area (Å²) in [6.07, 6.45) is 4.38. The summed E-state index contributed by atoms with van der Waals surface area (Å²) in [5, 5.41) is 3.22. The summed E-state index contributed by atoms with van der Waals surface area (Å²) in [6.45, 7) is 4.93. The second-order valence-electron chi connectivity index (χ2n) is 5.28. The summed E-state index contributed by atoms with van der Waals surface area (Å²) in [7, 11) is 0. The van der Waals surface area contributed by atoms with Crippen LogP contribution < -0.4 is 10.1 Å². The zero-order chi connectivity index (χ0) is 14.7. The summed E-state index contributed by atoms with van der Waals surface area (Å²) < 4.78 is 5.94. The second kappa shape index (κ2) is 6.12. The quantitative estimate of drug-likeness (QED) is 0.907. The van der Waals surface area contributed by atoms with Gasteiger partial charge in [-0.2, -0.15) is 4.98 Å². The van der Waals surface area contributed by atoms with E-state index in [1.54, 1.807) is 0 Å². The molecule has 1 aliphatic carbocycles. The van der Waals surface area contributed by atoms with Gasteiger partial charge in [0, 0.05) is 19.0 Å². The minimum atomic E-state index is 0.607. The van der Waals surface area contributed by atoms with E-state index in [4.69, 9.17) is 4.74 Å². The topological polar surface area (TPSA) is 47.0 Å². The minimum Gasteiger partial charge on any atom is -0.439 e. The molecule has 1 aromatic heterocycles. The highest BCUT2D eigenvalue weighted by Gasteiger charge is 2.12. The molecule has 0 saturated heterocycles. The van der Waals surface area contributed by atoms with Crippen molar-refractivity contribution >= 4 is 5.82 Å². The highest BCUT2D eigenvalue weighted by atomic mass is 16.5. The minimum absolute atomic E-state index is 0.607. The van der Waals surface area contributed by atoms with Gasteiger partial charge in [-0.15, -0.1) is 0 Å². The molecule has 0 bridgehead atoms. The van der Waals surface area contributed by atoms with Crippen molar-refractivity contribution in [2.75, 3.05) is 11.9 Å². The van der Waals surface area contributed by atoms with E-state index in [1.807, 2.05) is 19.1 Å². The third-order valence-electron chi connectivity index (χ3n) is 3.72. The van der Waals surface area contributed by atoms with E-state index in [9.17, 15) is 0 Å². The summed E-state index contributed by atoms with van der Waals surface area (Å²) >= 11 is 0. The van der Waals surface area contributed by atoms with E-state index in [0.29, 0.717) is 5.88 Å². The second-order valence-corrected chi connectivity index (χ2v) is 5.28. The molecule has 1 aliphatic rings. The molecular weight excluding hydrogens is 262 g/mol. The van der Waals surface area contributed by atoms with Crippen LogP contribution in [-0.2, 0) is 19.3 Å². The van der Waals surface area contributed by atoms with Gasteiger partial charge in [-0.05, 0) is 49.4 Å². The molecule has 0 unspecified atom stereocenters. The lowest BCUT2D eigenvalue weighted by Crippen LogP contribution is -2.04. The monoisotopic (exact) mass is 283 g/mol. The predicted molar refractivity (Wildman–Crippen MR) is 84.1 cm³/mol. The molecule has 1 N–H and O–H groups in total. The van der Waals surface area contributed by atoms with E-state index in [-0.39, 0.29) is 0 Å². The fourth-order valence-electron chi connectivity index (χ4n) is 2.69. The number of rotatable bonds is 5. The van der Waals surface area contributed by atoms with Gasteiger partial charge in [0.25, 0.3) is 0 Å². The Morgan fingerprint density at radius 2 is 1.95 bits per heavy atom. The first-order chi connectivity index (χ1) is 10.3. The average Bonchev–Trinajstić information content (AvgIpc) is 2.95. The third kappa shape index (κ3) is 3.15. The molecule has 21 heavy (non-hydrogen) atoms. The van der Waals surface area contributed by atoms with Crippen LogP contribution in [0.2, 0.25) is 0 Å². The Balaban J connectivity index is 1.85. The maximum absolute atomic E-state index is 5.94. The molecule has 0 amide bonds. The molecule has 0 fully saturated rings. The van der Waals surface area contributed by atoms with Crippen molar-refractivity contribution in [3.8, 4) is 11.6 Å². The Kier molecular flexibility index (Phi) is 4.04. The lowest BCUT2D eigenvalue weighted by Gasteiger charge is -2.10. The molecule has 1 heterocycles. The fraction of sp³-hybridized carbons (Fsp3) is 0.412. The van der Waals surface area contributed by atoms with E-state index in [2.05, 4.69) is 34.3 Å². The van der Waals surface area contributed by atoms with Crippen LogP contribution in [0.4, 0.5) is 5.82 Å². The molecule has 0 spiro atoms. The van der Waals surface area contributed by atoms with Crippen molar-refractivity contribution in [1.82, 2.24) is 9.97 Å². The van der Waals surface area contributed by atoms with Gasteiger partial charge >= 0.3 is 0 Å². The average molecular weight is 283 g/mol. The van der Waals surface area contributed by atoms with Crippen LogP contribution in [0.5, 0.6) is 11.6 Å². The van der Waals surface area contributed by atoms with Gasteiger partial charge in [0.2, 0.25) is 5.88 Å². The Morgan fingerprint density at radius 3 is 2.76 bits per heavy atom. The molecule has 2 aromatic rings. The highest BCUT2D eigenvalue weighted by molar-refractivity contribution is 5.42. The molecule has 4 heteroatoms. The van der Waals surface area contributed by atoms with Crippen molar-refractivity contribution in [3.63, 3.8) is 0 Å². The van der Waals surface area contributed by atoms with Gasteiger partial charge < -0.3 is 10.1 Å². The van der Waals surface area contributed by atoms with Crippen LogP contribution in [0.1, 0.15) is 37.2 Å². The molecule has 0 radical (unpaired) electrons. The number of fused-ring (bicyclic) bond motifs is 1. The fourth-order valence-corrected chi connectivity index (χ4v) is 2.69. The Morgan fingerprint density at radius 1 is 1.10 bits per heavy atom. The highest BCUT2D eigenvalue weighted by Crippen LogP contribution is 2.28. The van der Waals surface area contributed by atoms with Crippen molar-refractivity contribution in [2.45, 2.75) is 39.5 Å². The molecule has 0 aliphatic heterocycles. The summed E-state index contributed by atoms with van der Waals surface area (Å²) in [4.78, 5) is 8.89. The Bertz CT molecular complexity index is 640. The van der Waals surface area contributed by atoms with Gasteiger partial charge in [0.05, 0.1) is 0 Å². The number of aromatic nitrogens is 2. The molecule has 0 atom stereocenters. The Hall–Kier alpha value is -2.10. The first kappa shape index (κ1) is 13.9. The SMILES string of the molecule is CCNc1cc(Oc2ccc3c(c2)CCC3)nc(CC)n1. The molecule has 3 rings (SSSR count). The summed E-state index contributed by atoms with van der Waals surface area (Å²) in [5.74, 6) is 3.08. The van der Waals surface area contributed by atoms with E-state index < -0.39 is 0 Å². The lowest BCUT2D eigenvalue weighted by molar-refractivity contribution is 0.458. The molecule has 4 nitrogen and oxygen atoms in total. The maximum Gasteiger partial charge on any atom is 0.224 e. The van der Waals surface area contributed by atoms with Gasteiger partial charge in [-0.3, -0.25) is 0 Å². The largest absolute Gasteiger partial charge is 0.439 e. The van der Waals surface area contributed by atoms with Gasteiger partial charge in [0.1, 0.15) is 17.4 Å². The van der Waals surface area contributed by atoms with Crippen molar-refractivity contribution < 1.29 is 4.74 Å². The van der Waals surface area contributed by atoms with Gasteiger partial charge in [-0.1, -0.05) is 13.0 Å². The van der Waals surface area contributed by atoms with Crippen LogP contribution in [0, 0.1) is 0 Å². The molecular formula is C17H21N3O. The summed E-state index contributed by atoms with van der Waals surface area (Å²) in [5.41, 5.74) is 2.86. The number of hydrogen-bond donors (Lipinski definition) is 1. The van der Waals surface area contributed by atoms with Crippen molar-refractivity contribution in [2.24, 2.45) is 0 Å². The van der Waals surface area contributed by atoms with E-state index >= 15 is 0 Å². The zero-order valence-corrected chi connectivity index (χ0v) is 12.6. The number of hydrogen-bond acceptors (Lipinski definition) is 4. The van der Waals surface area contributed by atoms with Gasteiger partial charge in [0.15, 0.2) is 0 Å². The normalized spacial score (nSPS) is 13.0. The predicted octanol–water partition coefficient (Wildman–Crippen LogP) is 3.75. The third-order valence-corrected chi connectivity index (χ3v) is 3.72. The van der Waals surface area contributed by atoms with Crippen molar-refractivity contribution in [3.05, 3.63) is 41.2 Å². The number of benzene rings is 1. The molecule has 1 aromatic carbocycles. The first-order valence-corrected chi connectivity index (χ1v) is 7.70. The van der Waals surface area contributed by atoms with Crippen LogP contribution in [0.15, 0.2) is 24.3 Å². The van der Waals surface area contributed by atoms with Crippen LogP contribution in [0.3, 0.4) is 0 Å². The van der Waals surface area contributed by atoms with Crippen molar-refractivity contribution in [1.29, 1.82) is 0 Å². The maximum atomic E-state index is 5.94. The summed E-state index contributed by atoms with van der Waals surface area (Å²) in [6, 6.07) is 8.20.